The van der Waals surface area contributed by atoms with Crippen molar-refractivity contribution in [3.05, 3.63) is 97.4 Å². The van der Waals surface area contributed by atoms with Gasteiger partial charge in [-0.25, -0.2) is 4.99 Å². The molecule has 0 radical (unpaired) electrons. The minimum absolute atomic E-state index is 0.0217. The minimum atomic E-state index is -0.447. The van der Waals surface area contributed by atoms with Gasteiger partial charge >= 0.3 is 0 Å². The number of benzene rings is 3. The summed E-state index contributed by atoms with van der Waals surface area (Å²) in [7, 11) is 1.53. The summed E-state index contributed by atoms with van der Waals surface area (Å²) < 4.78 is 11.3. The van der Waals surface area contributed by atoms with Crippen LogP contribution in [0.4, 0.5) is 11.4 Å². The van der Waals surface area contributed by atoms with Crippen molar-refractivity contribution in [2.45, 2.75) is 13.5 Å². The van der Waals surface area contributed by atoms with E-state index in [1.165, 1.54) is 31.0 Å². The number of non-ortho nitro benzene ring substituents is 1. The number of rotatable bonds is 7. The Hall–Kier alpha value is -3.82. The third-order valence-electron chi connectivity index (χ3n) is 5.14. The zero-order valence-corrected chi connectivity index (χ0v) is 20.4. The second kappa shape index (κ2) is 10.6. The van der Waals surface area contributed by atoms with Crippen LogP contribution < -0.4 is 14.8 Å². The second-order valence-corrected chi connectivity index (χ2v) is 8.93. The Labute approximate surface area is 210 Å². The van der Waals surface area contributed by atoms with Crippen LogP contribution in [0.5, 0.6) is 11.5 Å². The van der Waals surface area contributed by atoms with E-state index in [1.54, 1.807) is 36.4 Å². The molecule has 178 valence electrons. The molecule has 1 aliphatic rings. The lowest BCUT2D eigenvalue weighted by atomic mass is 10.2. The first-order valence-corrected chi connectivity index (χ1v) is 11.6. The maximum Gasteiger partial charge on any atom is 0.269 e. The number of nitrogens with one attached hydrogen (secondary N) is 1. The minimum Gasteiger partial charge on any atom is -0.493 e. The molecule has 0 bridgehead atoms. The molecule has 8 nitrogen and oxygen atoms in total. The van der Waals surface area contributed by atoms with E-state index in [1.807, 2.05) is 25.1 Å². The van der Waals surface area contributed by atoms with Gasteiger partial charge in [-0.1, -0.05) is 23.7 Å². The SMILES string of the molecule is COc1cc(/C=C2/SC(=Nc3cccc(Cl)c3C)NC2=O)ccc1OCc1ccc([N+](=O)[O-])cc1. The Bertz CT molecular complexity index is 1360. The highest BCUT2D eigenvalue weighted by molar-refractivity contribution is 8.18. The standard InChI is InChI=1S/C25H20ClN3O5S/c1-15-19(26)4-3-5-20(15)27-25-28-24(30)23(35-25)13-17-8-11-21(22(12-17)33-2)34-14-16-6-9-18(10-7-16)29(31)32/h3-13H,14H2,1-2H3,(H,27,28,30)/b23-13+. The van der Waals surface area contributed by atoms with Crippen molar-refractivity contribution in [2.24, 2.45) is 4.99 Å². The van der Waals surface area contributed by atoms with Gasteiger partial charge < -0.3 is 14.8 Å². The lowest BCUT2D eigenvalue weighted by molar-refractivity contribution is -0.384. The normalized spacial score (nSPS) is 15.3. The third kappa shape index (κ3) is 5.82. The van der Waals surface area contributed by atoms with Crippen LogP contribution >= 0.6 is 23.4 Å². The van der Waals surface area contributed by atoms with E-state index < -0.39 is 4.92 Å². The summed E-state index contributed by atoms with van der Waals surface area (Å²) in [6.07, 6.45) is 1.75. The molecule has 3 aromatic rings. The van der Waals surface area contributed by atoms with Gasteiger partial charge in [-0.3, -0.25) is 14.9 Å². The van der Waals surface area contributed by atoms with Crippen molar-refractivity contribution in [1.29, 1.82) is 0 Å². The maximum absolute atomic E-state index is 12.5. The van der Waals surface area contributed by atoms with Gasteiger partial charge in [-0.2, -0.15) is 0 Å². The molecule has 1 heterocycles. The number of hydrogen-bond acceptors (Lipinski definition) is 7. The van der Waals surface area contributed by atoms with Crippen LogP contribution in [0.15, 0.2) is 70.6 Å². The van der Waals surface area contributed by atoms with E-state index in [-0.39, 0.29) is 18.2 Å². The third-order valence-corrected chi connectivity index (χ3v) is 6.46. The maximum atomic E-state index is 12.5. The number of carbonyl (C=O) groups is 1. The molecular formula is C25H20ClN3O5S. The van der Waals surface area contributed by atoms with Gasteiger partial charge in [0.15, 0.2) is 16.7 Å². The Morgan fingerprint density at radius 3 is 2.63 bits per heavy atom. The molecule has 0 spiro atoms. The number of aliphatic imine (C=N–C) groups is 1. The number of nitrogens with zero attached hydrogens (tertiary/aromatic N) is 2. The van der Waals surface area contributed by atoms with Crippen molar-refractivity contribution < 1.29 is 19.2 Å². The van der Waals surface area contributed by atoms with Gasteiger partial charge in [-0.15, -0.1) is 0 Å². The molecule has 3 aromatic carbocycles. The Morgan fingerprint density at radius 1 is 1.14 bits per heavy atom. The predicted molar refractivity (Wildman–Crippen MR) is 137 cm³/mol. The van der Waals surface area contributed by atoms with Crippen LogP contribution in [0.25, 0.3) is 6.08 Å². The van der Waals surface area contributed by atoms with E-state index in [2.05, 4.69) is 10.3 Å². The molecule has 1 aliphatic heterocycles. The average molecular weight is 510 g/mol. The number of halogens is 1. The second-order valence-electron chi connectivity index (χ2n) is 7.49. The van der Waals surface area contributed by atoms with Crippen molar-refractivity contribution in [3.8, 4) is 11.5 Å². The van der Waals surface area contributed by atoms with Gasteiger partial charge in [0.05, 0.1) is 22.6 Å². The van der Waals surface area contributed by atoms with Crippen LogP contribution in [0, 0.1) is 17.0 Å². The quantitative estimate of drug-likeness (QED) is 0.237. The number of amidine groups is 1. The summed E-state index contributed by atoms with van der Waals surface area (Å²) in [6, 6.07) is 16.9. The first kappa shape index (κ1) is 24.3. The molecule has 0 saturated carbocycles. The number of thioether (sulfide) groups is 1. The van der Waals surface area contributed by atoms with E-state index in [0.717, 1.165) is 16.7 Å². The Morgan fingerprint density at radius 2 is 1.91 bits per heavy atom. The van der Waals surface area contributed by atoms with Crippen molar-refractivity contribution in [1.82, 2.24) is 5.32 Å². The van der Waals surface area contributed by atoms with Gasteiger partial charge in [0, 0.05) is 17.2 Å². The van der Waals surface area contributed by atoms with Crippen LogP contribution in [0.3, 0.4) is 0 Å². The van der Waals surface area contributed by atoms with Crippen LogP contribution in [-0.4, -0.2) is 23.1 Å². The van der Waals surface area contributed by atoms with Crippen molar-refractivity contribution in [2.75, 3.05) is 7.11 Å². The Kier molecular flexibility index (Phi) is 7.38. The Balaban J connectivity index is 1.48. The predicted octanol–water partition coefficient (Wildman–Crippen LogP) is 6.04. The highest BCUT2D eigenvalue weighted by atomic mass is 35.5. The van der Waals surface area contributed by atoms with Crippen molar-refractivity contribution >= 4 is 51.9 Å². The zero-order valence-electron chi connectivity index (χ0n) is 18.8. The van der Waals surface area contributed by atoms with E-state index in [4.69, 9.17) is 21.1 Å². The van der Waals surface area contributed by atoms with E-state index in [9.17, 15) is 14.9 Å². The molecular weight excluding hydrogens is 490 g/mol. The fourth-order valence-corrected chi connectivity index (χ4v) is 4.23. The van der Waals surface area contributed by atoms with Crippen LogP contribution in [0.2, 0.25) is 5.02 Å². The van der Waals surface area contributed by atoms with Gasteiger partial charge in [0.1, 0.15) is 6.61 Å². The smallest absolute Gasteiger partial charge is 0.269 e. The molecule has 35 heavy (non-hydrogen) atoms. The highest BCUT2D eigenvalue weighted by Crippen LogP contribution is 2.33. The molecule has 1 saturated heterocycles. The van der Waals surface area contributed by atoms with E-state index >= 15 is 0 Å². The summed E-state index contributed by atoms with van der Waals surface area (Å²) in [4.78, 5) is 27.8. The number of nitro benzene ring substituents is 1. The number of methoxy groups -OCH3 is 1. The molecule has 1 amide bonds. The van der Waals surface area contributed by atoms with Gasteiger partial charge in [-0.05, 0) is 77.9 Å². The van der Waals surface area contributed by atoms with Crippen molar-refractivity contribution in [3.63, 3.8) is 0 Å². The number of carbonyl (C=O) groups excluding carboxylic acids is 1. The molecule has 0 aromatic heterocycles. The summed E-state index contributed by atoms with van der Waals surface area (Å²) >= 11 is 7.40. The van der Waals surface area contributed by atoms with Crippen LogP contribution in [-0.2, 0) is 11.4 Å². The molecule has 1 fully saturated rings. The average Bonchev–Trinajstić information content (AvgIpc) is 3.19. The topological polar surface area (TPSA) is 103 Å². The summed E-state index contributed by atoms with van der Waals surface area (Å²) in [5, 5.41) is 14.7. The monoisotopic (exact) mass is 509 g/mol. The molecule has 0 aliphatic carbocycles. The summed E-state index contributed by atoms with van der Waals surface area (Å²) in [6.45, 7) is 2.09. The first-order chi connectivity index (χ1) is 16.8. The van der Waals surface area contributed by atoms with Gasteiger partial charge in [0.2, 0.25) is 0 Å². The fourth-order valence-electron chi connectivity index (χ4n) is 3.23. The first-order valence-electron chi connectivity index (χ1n) is 10.4. The molecule has 4 rings (SSSR count). The number of hydrogen-bond donors (Lipinski definition) is 1. The summed E-state index contributed by atoms with van der Waals surface area (Å²) in [5.41, 5.74) is 3.08. The molecule has 10 heteroatoms. The molecule has 1 N–H and O–H groups in total. The largest absolute Gasteiger partial charge is 0.493 e. The lowest BCUT2D eigenvalue weighted by Crippen LogP contribution is -2.19. The van der Waals surface area contributed by atoms with Gasteiger partial charge in [0.25, 0.3) is 11.6 Å². The molecule has 0 unspecified atom stereocenters. The molecule has 0 atom stereocenters. The number of amides is 1. The number of ether oxygens (including phenoxy) is 2. The lowest BCUT2D eigenvalue weighted by Gasteiger charge is -2.11. The van der Waals surface area contributed by atoms with Crippen LogP contribution in [0.1, 0.15) is 16.7 Å². The fraction of sp³-hybridized carbons (Fsp3) is 0.120. The highest BCUT2D eigenvalue weighted by Gasteiger charge is 2.24. The number of nitro groups is 1. The summed E-state index contributed by atoms with van der Waals surface area (Å²) in [5.74, 6) is 0.759. The zero-order chi connectivity index (χ0) is 24.9. The van der Waals surface area contributed by atoms with E-state index in [0.29, 0.717) is 32.3 Å².